The molecule has 3 aliphatic rings. The second-order valence-corrected chi connectivity index (χ2v) is 4.70. The first-order valence-electron chi connectivity index (χ1n) is 7.78. The van der Waals surface area contributed by atoms with Crippen LogP contribution < -0.4 is 5.32 Å². The molecule has 0 aromatic heterocycles. The molecule has 1 heterocycles. The van der Waals surface area contributed by atoms with Gasteiger partial charge in [0.1, 0.15) is 0 Å². The van der Waals surface area contributed by atoms with Crippen LogP contribution >= 0.6 is 0 Å². The molecule has 0 aromatic rings. The summed E-state index contributed by atoms with van der Waals surface area (Å²) in [7, 11) is 0. The zero-order chi connectivity index (χ0) is 14.6. The molecular weight excluding hydrogens is 230 g/mol. The van der Waals surface area contributed by atoms with Crippen LogP contribution in [0.25, 0.3) is 0 Å². The Bertz CT molecular complexity index is 334. The first-order chi connectivity index (χ1) is 9.31. The van der Waals surface area contributed by atoms with Gasteiger partial charge in [0, 0.05) is 7.97 Å². The van der Waals surface area contributed by atoms with Gasteiger partial charge in [0.25, 0.3) is 0 Å². The fourth-order valence-corrected chi connectivity index (χ4v) is 1.95. The van der Waals surface area contributed by atoms with Crippen LogP contribution in [0.1, 0.15) is 55.3 Å². The molecule has 0 atom stereocenters. The van der Waals surface area contributed by atoms with E-state index in [1.54, 1.807) is 0 Å². The van der Waals surface area contributed by atoms with E-state index in [1.807, 2.05) is 52.0 Å². The predicted octanol–water partition coefficient (Wildman–Crippen LogP) is 5.27. The smallest absolute Gasteiger partial charge is 0.000829 e. The fourth-order valence-electron chi connectivity index (χ4n) is 1.95. The maximum atomic E-state index is 3.38. The molecule has 1 spiro atoms. The second kappa shape index (κ2) is 10.8. The molecule has 0 amide bonds. The molecular formula is C18H33N. The van der Waals surface area contributed by atoms with E-state index in [-0.39, 0.29) is 1.43 Å². The van der Waals surface area contributed by atoms with Gasteiger partial charge in [-0.3, -0.25) is 0 Å². The van der Waals surface area contributed by atoms with Gasteiger partial charge in [-0.05, 0) is 50.3 Å². The lowest BCUT2D eigenvalue weighted by molar-refractivity contribution is 0.574. The van der Waals surface area contributed by atoms with E-state index in [4.69, 9.17) is 0 Å². The average molecular weight is 263 g/mol. The molecule has 2 aliphatic carbocycles. The molecule has 1 nitrogen and oxygen atoms in total. The summed E-state index contributed by atoms with van der Waals surface area (Å²) in [4.78, 5) is 0. The summed E-state index contributed by atoms with van der Waals surface area (Å²) in [6, 6.07) is 0. The molecule has 1 heteroatoms. The van der Waals surface area contributed by atoms with Gasteiger partial charge in [-0.25, -0.2) is 0 Å². The number of nitrogens with one attached hydrogen (secondary N) is 1. The maximum absolute atomic E-state index is 3.38. The molecule has 1 saturated carbocycles. The Kier molecular flexibility index (Phi) is 10.2. The van der Waals surface area contributed by atoms with E-state index in [2.05, 4.69) is 24.0 Å². The molecule has 0 bridgehead atoms. The summed E-state index contributed by atoms with van der Waals surface area (Å²) in [6.45, 7) is 12.7. The Morgan fingerprint density at radius 3 is 2.26 bits per heavy atom. The standard InChI is InChI=1S/C8H8.C6H11N.2C2H6.H2/c1-8-6-4-2-3-5-7-8;1-2-6(1)3-4-7-5-6;2*1-2;/h2,4-7H,1H3;7H,1-5H2;2*1-2H3;1H. The van der Waals surface area contributed by atoms with E-state index >= 15 is 0 Å². The minimum absolute atomic E-state index is 0. The third kappa shape index (κ3) is 7.87. The molecule has 0 unspecified atom stereocenters. The van der Waals surface area contributed by atoms with E-state index < -0.39 is 0 Å². The zero-order valence-electron chi connectivity index (χ0n) is 13.4. The summed E-state index contributed by atoms with van der Waals surface area (Å²) in [6.07, 6.45) is 14.3. The van der Waals surface area contributed by atoms with Crippen molar-refractivity contribution in [2.24, 2.45) is 5.41 Å². The van der Waals surface area contributed by atoms with Crippen LogP contribution in [0.2, 0.25) is 0 Å². The van der Waals surface area contributed by atoms with Gasteiger partial charge in [0.15, 0.2) is 0 Å². The molecule has 0 radical (unpaired) electrons. The highest BCUT2D eigenvalue weighted by atomic mass is 14.9. The molecule has 1 aliphatic heterocycles. The van der Waals surface area contributed by atoms with Gasteiger partial charge in [-0.15, -0.1) is 5.73 Å². The van der Waals surface area contributed by atoms with Crippen molar-refractivity contribution in [2.75, 3.05) is 13.1 Å². The van der Waals surface area contributed by atoms with Crippen LogP contribution in [0.3, 0.4) is 0 Å². The third-order valence-electron chi connectivity index (χ3n) is 3.28. The number of rotatable bonds is 0. The van der Waals surface area contributed by atoms with Crippen molar-refractivity contribution in [3.63, 3.8) is 0 Å². The minimum atomic E-state index is 0. The number of allylic oxidation sites excluding steroid dienone is 5. The van der Waals surface area contributed by atoms with Crippen molar-refractivity contribution in [3.8, 4) is 0 Å². The Morgan fingerprint density at radius 1 is 1.11 bits per heavy atom. The number of hydrogen-bond donors (Lipinski definition) is 1. The first kappa shape index (κ1) is 18.0. The first-order valence-corrected chi connectivity index (χ1v) is 7.78. The number of hydrogen-bond acceptors (Lipinski definition) is 1. The lowest BCUT2D eigenvalue weighted by Gasteiger charge is -1.96. The van der Waals surface area contributed by atoms with Gasteiger partial charge in [0.05, 0.1) is 0 Å². The lowest BCUT2D eigenvalue weighted by Crippen LogP contribution is -2.08. The van der Waals surface area contributed by atoms with Crippen LogP contribution in [0.4, 0.5) is 0 Å². The average Bonchev–Trinajstić information content (AvgIpc) is 3.13. The van der Waals surface area contributed by atoms with E-state index in [9.17, 15) is 0 Å². The van der Waals surface area contributed by atoms with Crippen molar-refractivity contribution in [3.05, 3.63) is 41.7 Å². The van der Waals surface area contributed by atoms with Crippen molar-refractivity contribution >= 4 is 0 Å². The molecule has 1 saturated heterocycles. The SMILES string of the molecule is C1CC2(CC2)CN1.CC.CC.CC1=CC=C=CC=C1.[HH]. The summed E-state index contributed by atoms with van der Waals surface area (Å²) in [5.74, 6) is 0. The van der Waals surface area contributed by atoms with Crippen molar-refractivity contribution in [1.82, 2.24) is 5.32 Å². The van der Waals surface area contributed by atoms with E-state index in [0.717, 1.165) is 5.41 Å². The highest BCUT2D eigenvalue weighted by Gasteiger charge is 2.44. The maximum Gasteiger partial charge on any atom is 0.000829 e. The normalized spacial score (nSPS) is 19.9. The Labute approximate surface area is 121 Å². The van der Waals surface area contributed by atoms with Gasteiger partial charge < -0.3 is 5.32 Å². The molecule has 110 valence electrons. The minimum Gasteiger partial charge on any atom is -0.316 e. The summed E-state index contributed by atoms with van der Waals surface area (Å²) < 4.78 is 0. The highest BCUT2D eigenvalue weighted by Crippen LogP contribution is 2.49. The molecule has 19 heavy (non-hydrogen) atoms. The van der Waals surface area contributed by atoms with Crippen LogP contribution in [-0.4, -0.2) is 13.1 Å². The molecule has 1 N–H and O–H groups in total. The van der Waals surface area contributed by atoms with Gasteiger partial charge in [-0.2, -0.15) is 0 Å². The Balaban J connectivity index is 0. The van der Waals surface area contributed by atoms with Crippen LogP contribution in [0.5, 0.6) is 0 Å². The topological polar surface area (TPSA) is 12.0 Å². The summed E-state index contributed by atoms with van der Waals surface area (Å²) in [5, 5.41) is 3.38. The summed E-state index contributed by atoms with van der Waals surface area (Å²) >= 11 is 0. The Morgan fingerprint density at radius 2 is 1.79 bits per heavy atom. The van der Waals surface area contributed by atoms with Crippen LogP contribution in [0.15, 0.2) is 41.7 Å². The molecule has 0 aromatic carbocycles. The largest absolute Gasteiger partial charge is 0.316 e. The quantitative estimate of drug-likeness (QED) is 0.587. The van der Waals surface area contributed by atoms with E-state index in [1.165, 1.54) is 37.9 Å². The predicted molar refractivity (Wildman–Crippen MR) is 89.5 cm³/mol. The highest BCUT2D eigenvalue weighted by molar-refractivity contribution is 5.27. The van der Waals surface area contributed by atoms with Crippen molar-refractivity contribution < 1.29 is 1.43 Å². The van der Waals surface area contributed by atoms with Gasteiger partial charge in [-0.1, -0.05) is 51.5 Å². The monoisotopic (exact) mass is 263 g/mol. The van der Waals surface area contributed by atoms with E-state index in [0.29, 0.717) is 0 Å². The molecule has 2 fully saturated rings. The van der Waals surface area contributed by atoms with Gasteiger partial charge in [0.2, 0.25) is 0 Å². The Hall–Kier alpha value is -1.04. The zero-order valence-corrected chi connectivity index (χ0v) is 13.4. The van der Waals surface area contributed by atoms with Crippen LogP contribution in [0, 0.1) is 5.41 Å². The van der Waals surface area contributed by atoms with Gasteiger partial charge >= 0.3 is 0 Å². The van der Waals surface area contributed by atoms with Crippen molar-refractivity contribution in [2.45, 2.75) is 53.9 Å². The van der Waals surface area contributed by atoms with Crippen LogP contribution in [-0.2, 0) is 0 Å². The third-order valence-corrected chi connectivity index (χ3v) is 3.28. The summed E-state index contributed by atoms with van der Waals surface area (Å²) in [5.41, 5.74) is 5.07. The molecule has 3 rings (SSSR count). The fraction of sp³-hybridized carbons (Fsp3) is 0.611. The van der Waals surface area contributed by atoms with Crippen molar-refractivity contribution in [1.29, 1.82) is 0 Å². The lowest BCUT2D eigenvalue weighted by atomic mass is 10.1. The second-order valence-electron chi connectivity index (χ2n) is 4.70.